The Morgan fingerprint density at radius 3 is 2.35 bits per heavy atom. The van der Waals surface area contributed by atoms with E-state index in [2.05, 4.69) is 15.1 Å². The normalized spacial score (nSPS) is 18.0. The minimum atomic E-state index is -4.56. The van der Waals surface area contributed by atoms with Crippen LogP contribution in [0.5, 0.6) is 0 Å². The van der Waals surface area contributed by atoms with E-state index in [1.165, 1.54) is 22.8 Å². The lowest BCUT2D eigenvalue weighted by molar-refractivity contribution is -0.141. The van der Waals surface area contributed by atoms with Gasteiger partial charge in [-0.3, -0.25) is 9.48 Å². The number of hydrogen-bond donors (Lipinski definition) is 0. The van der Waals surface area contributed by atoms with Crippen molar-refractivity contribution in [1.82, 2.24) is 24.6 Å². The topological polar surface area (TPSA) is 67.2 Å². The quantitative estimate of drug-likeness (QED) is 0.661. The number of rotatable bonds is 5. The number of hydrogen-bond acceptors (Lipinski definition) is 5. The Balaban J connectivity index is 1.48. The molecule has 4 rings (SSSR count). The molecule has 2 aromatic heterocycles. The molecule has 0 N–H and O–H groups in total. The monoisotopic (exact) mass is 444 g/mol. The van der Waals surface area contributed by atoms with E-state index in [0.29, 0.717) is 25.9 Å². The second-order valence-electron chi connectivity index (χ2n) is 7.82. The molecule has 1 aliphatic carbocycles. The summed E-state index contributed by atoms with van der Waals surface area (Å²) in [6.07, 6.45) is -2.50. The summed E-state index contributed by atoms with van der Waals surface area (Å²) in [6.45, 7) is 0.614. The van der Waals surface area contributed by atoms with Gasteiger partial charge in [0.1, 0.15) is 23.5 Å². The standard InChI is InChI=1S/C19H21F5N6O/c1-28-9-13(16(27-28)17(20)21)18(31)29-6-4-12(5-7-29)30(11-2-3-11)15-8-14(19(22,23)24)25-10-26-15/h8-12,17H,2-7H2,1H3. The molecule has 0 atom stereocenters. The summed E-state index contributed by atoms with van der Waals surface area (Å²) in [4.78, 5) is 23.5. The van der Waals surface area contributed by atoms with Gasteiger partial charge in [-0.1, -0.05) is 0 Å². The molecule has 31 heavy (non-hydrogen) atoms. The van der Waals surface area contributed by atoms with Gasteiger partial charge in [-0.15, -0.1) is 0 Å². The molecule has 0 radical (unpaired) electrons. The average molecular weight is 444 g/mol. The zero-order valence-electron chi connectivity index (χ0n) is 16.7. The molecule has 1 saturated heterocycles. The highest BCUT2D eigenvalue weighted by molar-refractivity contribution is 5.95. The number of nitrogens with zero attached hydrogens (tertiary/aromatic N) is 6. The summed E-state index contributed by atoms with van der Waals surface area (Å²) in [7, 11) is 1.47. The number of carbonyl (C=O) groups is 1. The zero-order valence-corrected chi connectivity index (χ0v) is 16.7. The molecule has 2 fully saturated rings. The summed E-state index contributed by atoms with van der Waals surface area (Å²) in [6, 6.07) is 0.962. The number of alkyl halides is 5. The summed E-state index contributed by atoms with van der Waals surface area (Å²) >= 11 is 0. The highest BCUT2D eigenvalue weighted by Gasteiger charge is 2.39. The number of likely N-dealkylation sites (tertiary alicyclic amines) is 1. The lowest BCUT2D eigenvalue weighted by Crippen LogP contribution is -2.48. The first-order chi connectivity index (χ1) is 14.6. The lowest BCUT2D eigenvalue weighted by Gasteiger charge is -2.39. The maximum atomic E-state index is 13.2. The third-order valence-electron chi connectivity index (χ3n) is 5.59. The van der Waals surface area contributed by atoms with Crippen molar-refractivity contribution in [2.75, 3.05) is 18.0 Å². The minimum absolute atomic E-state index is 0.101. The predicted molar refractivity (Wildman–Crippen MR) is 99.6 cm³/mol. The summed E-state index contributed by atoms with van der Waals surface area (Å²) < 4.78 is 66.8. The molecule has 1 aliphatic heterocycles. The van der Waals surface area contributed by atoms with Crippen molar-refractivity contribution in [2.45, 2.75) is 50.4 Å². The molecular formula is C19H21F5N6O. The molecule has 0 aromatic carbocycles. The van der Waals surface area contributed by atoms with Gasteiger partial charge >= 0.3 is 6.18 Å². The molecule has 7 nitrogen and oxygen atoms in total. The lowest BCUT2D eigenvalue weighted by atomic mass is 10.0. The van der Waals surface area contributed by atoms with Gasteiger partial charge in [0, 0.05) is 44.5 Å². The first-order valence-electron chi connectivity index (χ1n) is 9.93. The number of aryl methyl sites for hydroxylation is 1. The first kappa shape index (κ1) is 21.4. The van der Waals surface area contributed by atoms with E-state index in [1.54, 1.807) is 0 Å². The average Bonchev–Trinajstić information content (AvgIpc) is 3.47. The van der Waals surface area contributed by atoms with Crippen LogP contribution in [0.3, 0.4) is 0 Å². The highest BCUT2D eigenvalue weighted by Crippen LogP contribution is 2.37. The fraction of sp³-hybridized carbons (Fsp3) is 0.579. The van der Waals surface area contributed by atoms with E-state index in [-0.39, 0.29) is 23.5 Å². The number of halogens is 5. The van der Waals surface area contributed by atoms with E-state index in [0.717, 1.165) is 25.2 Å². The van der Waals surface area contributed by atoms with Crippen LogP contribution in [-0.2, 0) is 13.2 Å². The van der Waals surface area contributed by atoms with Crippen molar-refractivity contribution in [1.29, 1.82) is 0 Å². The van der Waals surface area contributed by atoms with Crippen LogP contribution in [0.25, 0.3) is 0 Å². The molecule has 2 aliphatic rings. The van der Waals surface area contributed by atoms with Gasteiger partial charge in [-0.05, 0) is 25.7 Å². The van der Waals surface area contributed by atoms with Crippen LogP contribution in [0.15, 0.2) is 18.6 Å². The number of anilines is 1. The molecule has 168 valence electrons. The van der Waals surface area contributed by atoms with Crippen molar-refractivity contribution >= 4 is 11.7 Å². The second kappa shape index (κ2) is 8.04. The van der Waals surface area contributed by atoms with Crippen LogP contribution in [0.4, 0.5) is 27.8 Å². The predicted octanol–water partition coefficient (Wildman–Crippen LogP) is 3.44. The van der Waals surface area contributed by atoms with Crippen LogP contribution in [-0.4, -0.2) is 55.7 Å². The zero-order chi connectivity index (χ0) is 22.3. The highest BCUT2D eigenvalue weighted by atomic mass is 19.4. The number of carbonyl (C=O) groups excluding carboxylic acids is 1. The molecule has 1 amide bonds. The summed E-state index contributed by atoms with van der Waals surface area (Å²) in [5.74, 6) is -0.289. The van der Waals surface area contributed by atoms with Crippen LogP contribution in [0.2, 0.25) is 0 Å². The minimum Gasteiger partial charge on any atom is -0.350 e. The molecule has 1 saturated carbocycles. The molecular weight excluding hydrogens is 423 g/mol. The SMILES string of the molecule is Cn1cc(C(=O)N2CCC(N(c3cc(C(F)(F)F)ncn3)C3CC3)CC2)c(C(F)F)n1. The second-order valence-corrected chi connectivity index (χ2v) is 7.82. The Morgan fingerprint density at radius 2 is 1.77 bits per heavy atom. The number of amides is 1. The van der Waals surface area contributed by atoms with Gasteiger partial charge < -0.3 is 9.80 Å². The third-order valence-corrected chi connectivity index (χ3v) is 5.59. The van der Waals surface area contributed by atoms with E-state index in [4.69, 9.17) is 0 Å². The molecule has 2 aromatic rings. The van der Waals surface area contributed by atoms with E-state index >= 15 is 0 Å². The number of piperidine rings is 1. The summed E-state index contributed by atoms with van der Waals surface area (Å²) in [5, 5.41) is 3.67. The van der Waals surface area contributed by atoms with Crippen LogP contribution >= 0.6 is 0 Å². The van der Waals surface area contributed by atoms with Crippen molar-refractivity contribution in [3.05, 3.63) is 35.5 Å². The van der Waals surface area contributed by atoms with Crippen molar-refractivity contribution in [3.8, 4) is 0 Å². The van der Waals surface area contributed by atoms with Crippen LogP contribution < -0.4 is 4.90 Å². The van der Waals surface area contributed by atoms with Crippen LogP contribution in [0.1, 0.15) is 53.9 Å². The fourth-order valence-corrected chi connectivity index (χ4v) is 4.02. The van der Waals surface area contributed by atoms with Gasteiger partial charge in [0.2, 0.25) is 0 Å². The largest absolute Gasteiger partial charge is 0.433 e. The number of aromatic nitrogens is 4. The smallest absolute Gasteiger partial charge is 0.350 e. The molecule has 0 spiro atoms. The van der Waals surface area contributed by atoms with E-state index in [9.17, 15) is 26.7 Å². The van der Waals surface area contributed by atoms with Gasteiger partial charge in [0.15, 0.2) is 0 Å². The molecule has 0 bridgehead atoms. The molecule has 0 unspecified atom stereocenters. The Morgan fingerprint density at radius 1 is 1.13 bits per heavy atom. The van der Waals surface area contributed by atoms with Gasteiger partial charge in [-0.25, -0.2) is 18.7 Å². The van der Waals surface area contributed by atoms with E-state index in [1.807, 2.05) is 4.90 Å². The fourth-order valence-electron chi connectivity index (χ4n) is 4.02. The maximum absolute atomic E-state index is 13.2. The third kappa shape index (κ3) is 4.47. The van der Waals surface area contributed by atoms with E-state index < -0.39 is 29.9 Å². The van der Waals surface area contributed by atoms with Gasteiger partial charge in [0.25, 0.3) is 12.3 Å². The van der Waals surface area contributed by atoms with Crippen molar-refractivity contribution in [3.63, 3.8) is 0 Å². The Hall–Kier alpha value is -2.79. The van der Waals surface area contributed by atoms with Gasteiger partial charge in [0.05, 0.1) is 5.56 Å². The molecule has 3 heterocycles. The maximum Gasteiger partial charge on any atom is 0.433 e. The Bertz CT molecular complexity index is 950. The molecule has 12 heteroatoms. The van der Waals surface area contributed by atoms with Crippen molar-refractivity contribution < 1.29 is 26.7 Å². The summed E-state index contributed by atoms with van der Waals surface area (Å²) in [5.41, 5.74) is -1.66. The first-order valence-corrected chi connectivity index (χ1v) is 9.93. The van der Waals surface area contributed by atoms with Crippen molar-refractivity contribution in [2.24, 2.45) is 7.05 Å². The van der Waals surface area contributed by atoms with Gasteiger partial charge in [-0.2, -0.15) is 18.3 Å². The Labute approximate surface area is 174 Å². The Kier molecular flexibility index (Phi) is 5.56. The van der Waals surface area contributed by atoms with Crippen LogP contribution in [0, 0.1) is 0 Å².